The van der Waals surface area contributed by atoms with Gasteiger partial charge in [0.25, 0.3) is 0 Å². The molecule has 10 heavy (non-hydrogen) atoms. The molecular weight excluding hydrogens is 132 g/mol. The first-order valence-corrected chi connectivity index (χ1v) is 3.10. The lowest BCUT2D eigenvalue weighted by Crippen LogP contribution is -2.39. The normalized spacial score (nSPS) is 24.1. The minimum absolute atomic E-state index is 0.0615. The molecule has 4 heteroatoms. The quantitative estimate of drug-likeness (QED) is 0.501. The topological polar surface area (TPSA) is 58.2 Å². The number of nitrogens with one attached hydrogen (secondary N) is 2. The highest BCUT2D eigenvalue weighted by Gasteiger charge is 2.25. The first kappa shape index (κ1) is 7.05. The Balaban J connectivity index is 2.44. The van der Waals surface area contributed by atoms with Crippen molar-refractivity contribution in [2.75, 3.05) is 0 Å². The van der Waals surface area contributed by atoms with Crippen molar-refractivity contribution in [1.82, 2.24) is 10.6 Å². The summed E-state index contributed by atoms with van der Waals surface area (Å²) in [7, 11) is 3.20. The van der Waals surface area contributed by atoms with Crippen LogP contribution in [0.4, 0.5) is 0 Å². The van der Waals surface area contributed by atoms with E-state index in [0.29, 0.717) is 12.8 Å². The van der Waals surface area contributed by atoms with Crippen molar-refractivity contribution in [2.45, 2.75) is 18.9 Å². The van der Waals surface area contributed by atoms with Gasteiger partial charge in [0.15, 0.2) is 0 Å². The molecule has 1 radical (unpaired) electrons. The summed E-state index contributed by atoms with van der Waals surface area (Å²) in [5.74, 6) is -0.278. The van der Waals surface area contributed by atoms with Crippen LogP contribution in [0.25, 0.3) is 0 Å². The number of amides is 2. The van der Waals surface area contributed by atoms with Gasteiger partial charge in [0.2, 0.25) is 11.8 Å². The zero-order valence-electron chi connectivity index (χ0n) is 5.52. The molecule has 2 N–H and O–H groups in total. The third-order valence-electron chi connectivity index (χ3n) is 1.49. The van der Waals surface area contributed by atoms with E-state index in [4.69, 9.17) is 0 Å². The van der Waals surface area contributed by atoms with Crippen molar-refractivity contribution in [2.24, 2.45) is 0 Å². The summed E-state index contributed by atoms with van der Waals surface area (Å²) >= 11 is 0. The second kappa shape index (κ2) is 2.68. The average Bonchev–Trinajstić information content (AvgIpc) is 2.34. The fraction of sp³-hybridized carbons (Fsp3) is 0.500. The monoisotopic (exact) mass is 141 g/mol. The van der Waals surface area contributed by atoms with Gasteiger partial charge in [-0.2, -0.15) is 0 Å². The Morgan fingerprint density at radius 2 is 2.50 bits per heavy atom. The fourth-order valence-corrected chi connectivity index (χ4v) is 0.934. The number of rotatable bonds is 1. The maximum atomic E-state index is 10.8. The summed E-state index contributed by atoms with van der Waals surface area (Å²) in [4.78, 5) is 21.3. The van der Waals surface area contributed by atoms with E-state index in [1.807, 2.05) is 0 Å². The van der Waals surface area contributed by atoms with E-state index in [0.717, 1.165) is 0 Å². The molecule has 0 spiro atoms. The summed E-state index contributed by atoms with van der Waals surface area (Å²) in [6.45, 7) is 0. The van der Waals surface area contributed by atoms with Crippen LogP contribution >= 0.6 is 0 Å². The van der Waals surface area contributed by atoms with Crippen molar-refractivity contribution < 1.29 is 9.59 Å². The van der Waals surface area contributed by atoms with Crippen molar-refractivity contribution in [3.63, 3.8) is 0 Å². The molecule has 0 unspecified atom stereocenters. The standard InChI is InChI=1S/C6H9N2O2/c1-7-6(10)4-2-3-5(9)8-4/h4H,1-3H2,(H,7,10)(H,8,9)/t4-/m1/s1. The van der Waals surface area contributed by atoms with Gasteiger partial charge in [-0.3, -0.25) is 9.59 Å². The fourth-order valence-electron chi connectivity index (χ4n) is 0.934. The predicted octanol–water partition coefficient (Wildman–Crippen LogP) is -0.827. The summed E-state index contributed by atoms with van der Waals surface area (Å²) in [5.41, 5.74) is 0. The molecule has 1 saturated heterocycles. The van der Waals surface area contributed by atoms with Crippen LogP contribution in [-0.4, -0.2) is 17.9 Å². The summed E-state index contributed by atoms with van der Waals surface area (Å²) < 4.78 is 0. The van der Waals surface area contributed by atoms with E-state index in [1.165, 1.54) is 0 Å². The lowest BCUT2D eigenvalue weighted by molar-refractivity contribution is -0.125. The van der Waals surface area contributed by atoms with Gasteiger partial charge in [-0.25, -0.2) is 0 Å². The summed E-state index contributed by atoms with van der Waals surface area (Å²) in [6.07, 6.45) is 1.03. The van der Waals surface area contributed by atoms with E-state index >= 15 is 0 Å². The van der Waals surface area contributed by atoms with Crippen molar-refractivity contribution in [1.29, 1.82) is 0 Å². The minimum atomic E-state index is -0.356. The van der Waals surface area contributed by atoms with Crippen molar-refractivity contribution in [3.8, 4) is 0 Å². The Bertz CT molecular complexity index is 167. The maximum Gasteiger partial charge on any atom is 0.242 e. The van der Waals surface area contributed by atoms with Gasteiger partial charge in [0.1, 0.15) is 6.04 Å². The van der Waals surface area contributed by atoms with E-state index in [9.17, 15) is 9.59 Å². The van der Waals surface area contributed by atoms with Gasteiger partial charge in [-0.1, -0.05) is 0 Å². The Morgan fingerprint density at radius 3 is 2.90 bits per heavy atom. The number of carbonyl (C=O) groups is 2. The Labute approximate surface area is 59.0 Å². The predicted molar refractivity (Wildman–Crippen MR) is 34.7 cm³/mol. The van der Waals surface area contributed by atoms with Crippen LogP contribution in [0.5, 0.6) is 0 Å². The highest BCUT2D eigenvalue weighted by molar-refractivity contribution is 5.90. The van der Waals surface area contributed by atoms with E-state index in [-0.39, 0.29) is 17.9 Å². The van der Waals surface area contributed by atoms with Gasteiger partial charge in [0, 0.05) is 13.5 Å². The molecule has 1 aliphatic heterocycles. The molecule has 0 aromatic rings. The molecule has 0 aliphatic carbocycles. The third-order valence-corrected chi connectivity index (χ3v) is 1.49. The van der Waals surface area contributed by atoms with Crippen LogP contribution in [-0.2, 0) is 9.59 Å². The molecule has 0 bridgehead atoms. The molecule has 4 nitrogen and oxygen atoms in total. The maximum absolute atomic E-state index is 10.8. The molecule has 0 aromatic heterocycles. The molecule has 1 fully saturated rings. The molecule has 1 aliphatic rings. The van der Waals surface area contributed by atoms with E-state index in [2.05, 4.69) is 17.7 Å². The second-order valence-corrected chi connectivity index (χ2v) is 2.20. The third kappa shape index (κ3) is 1.26. The molecule has 1 atom stereocenters. The molecule has 1 rings (SSSR count). The van der Waals surface area contributed by atoms with E-state index in [1.54, 1.807) is 0 Å². The first-order valence-electron chi connectivity index (χ1n) is 3.10. The molecule has 1 heterocycles. The minimum Gasteiger partial charge on any atom is -0.353 e. The number of hydrogen-bond acceptors (Lipinski definition) is 2. The van der Waals surface area contributed by atoms with Crippen LogP contribution in [0.1, 0.15) is 12.8 Å². The lowest BCUT2D eigenvalue weighted by Gasteiger charge is -2.05. The molecule has 0 aromatic carbocycles. The zero-order valence-corrected chi connectivity index (χ0v) is 5.52. The van der Waals surface area contributed by atoms with Gasteiger partial charge >= 0.3 is 0 Å². The molecular formula is C6H9N2O2. The van der Waals surface area contributed by atoms with Crippen molar-refractivity contribution >= 4 is 11.8 Å². The van der Waals surface area contributed by atoms with Crippen LogP contribution < -0.4 is 10.6 Å². The highest BCUT2D eigenvalue weighted by Crippen LogP contribution is 2.05. The highest BCUT2D eigenvalue weighted by atomic mass is 16.2. The second-order valence-electron chi connectivity index (χ2n) is 2.20. The van der Waals surface area contributed by atoms with E-state index < -0.39 is 0 Å². The Kier molecular flexibility index (Phi) is 1.89. The summed E-state index contributed by atoms with van der Waals surface area (Å²) in [6, 6.07) is -0.356. The van der Waals surface area contributed by atoms with Gasteiger partial charge < -0.3 is 10.6 Å². The Morgan fingerprint density at radius 1 is 1.80 bits per heavy atom. The van der Waals surface area contributed by atoms with Crippen LogP contribution in [0.3, 0.4) is 0 Å². The molecule has 55 valence electrons. The SMILES string of the molecule is [CH2]NC(=O)[C@H]1CCC(=O)N1. The lowest BCUT2D eigenvalue weighted by atomic mass is 10.2. The van der Waals surface area contributed by atoms with Crippen molar-refractivity contribution in [3.05, 3.63) is 7.05 Å². The summed E-state index contributed by atoms with van der Waals surface area (Å²) in [5, 5.41) is 4.74. The number of hydrogen-bond donors (Lipinski definition) is 2. The largest absolute Gasteiger partial charge is 0.353 e. The van der Waals surface area contributed by atoms with Gasteiger partial charge in [0.05, 0.1) is 0 Å². The van der Waals surface area contributed by atoms with Gasteiger partial charge in [-0.05, 0) is 6.42 Å². The molecule has 2 amide bonds. The van der Waals surface area contributed by atoms with Crippen LogP contribution in [0.2, 0.25) is 0 Å². The smallest absolute Gasteiger partial charge is 0.242 e. The molecule has 0 saturated carbocycles. The average molecular weight is 141 g/mol. The zero-order chi connectivity index (χ0) is 7.56. The Hall–Kier alpha value is -1.06. The van der Waals surface area contributed by atoms with Gasteiger partial charge in [-0.15, -0.1) is 0 Å². The van der Waals surface area contributed by atoms with Crippen LogP contribution in [0.15, 0.2) is 0 Å². The van der Waals surface area contributed by atoms with Crippen LogP contribution in [0, 0.1) is 7.05 Å². The number of carbonyl (C=O) groups excluding carboxylic acids is 2. The first-order chi connectivity index (χ1) is 4.74.